The molecule has 21 heavy (non-hydrogen) atoms. The van der Waals surface area contributed by atoms with Gasteiger partial charge in [0.1, 0.15) is 5.75 Å². The second kappa shape index (κ2) is 7.14. The second-order valence-electron chi connectivity index (χ2n) is 4.57. The summed E-state index contributed by atoms with van der Waals surface area (Å²) in [4.78, 5) is 12.1. The van der Waals surface area contributed by atoms with Crippen molar-refractivity contribution < 1.29 is 14.3 Å². The highest BCUT2D eigenvalue weighted by Crippen LogP contribution is 2.26. The van der Waals surface area contributed by atoms with Crippen LogP contribution in [0.3, 0.4) is 0 Å². The van der Waals surface area contributed by atoms with Gasteiger partial charge in [-0.25, -0.2) is 4.79 Å². The number of benzene rings is 2. The Morgan fingerprint density at radius 2 is 1.90 bits per heavy atom. The summed E-state index contributed by atoms with van der Waals surface area (Å²) in [6, 6.07) is 14.6. The molecule has 2 rings (SSSR count). The fraction of sp³-hybridized carbons (Fsp3) is 0.235. The zero-order chi connectivity index (χ0) is 15.2. The smallest absolute Gasteiger partial charge is 0.352 e. The zero-order valence-electron chi connectivity index (χ0n) is 12.0. The van der Waals surface area contributed by atoms with E-state index >= 15 is 0 Å². The van der Waals surface area contributed by atoms with Crippen molar-refractivity contribution in [2.75, 3.05) is 6.61 Å². The molecule has 0 saturated heterocycles. The number of halogens is 1. The third-order valence-electron chi connectivity index (χ3n) is 2.99. The molecular weight excluding hydrogens is 288 g/mol. The standard InChI is InChI=1S/C17H17ClO3/c1-3-20-17(19)16(13-7-5-4-6-8-13)21-14-9-10-15(18)12(2)11-14/h4-11,16H,3H2,1-2H3. The fourth-order valence-electron chi connectivity index (χ4n) is 1.92. The van der Waals surface area contributed by atoms with Crippen molar-refractivity contribution in [2.45, 2.75) is 20.0 Å². The summed E-state index contributed by atoms with van der Waals surface area (Å²) in [7, 11) is 0. The summed E-state index contributed by atoms with van der Waals surface area (Å²) in [6.07, 6.45) is -0.785. The molecule has 0 aliphatic carbocycles. The van der Waals surface area contributed by atoms with Crippen LogP contribution in [0, 0.1) is 6.92 Å². The molecule has 0 radical (unpaired) electrons. The quantitative estimate of drug-likeness (QED) is 0.771. The molecule has 2 aromatic carbocycles. The van der Waals surface area contributed by atoms with Crippen molar-refractivity contribution in [1.29, 1.82) is 0 Å². The molecule has 0 aromatic heterocycles. The van der Waals surface area contributed by atoms with E-state index in [0.29, 0.717) is 17.4 Å². The van der Waals surface area contributed by atoms with Gasteiger partial charge >= 0.3 is 5.97 Å². The molecule has 0 aliphatic rings. The van der Waals surface area contributed by atoms with Crippen LogP contribution in [-0.4, -0.2) is 12.6 Å². The number of ether oxygens (including phenoxy) is 2. The Labute approximate surface area is 129 Å². The zero-order valence-corrected chi connectivity index (χ0v) is 12.8. The van der Waals surface area contributed by atoms with Crippen LogP contribution in [0.15, 0.2) is 48.5 Å². The lowest BCUT2D eigenvalue weighted by Crippen LogP contribution is -2.21. The van der Waals surface area contributed by atoms with E-state index in [1.807, 2.05) is 37.3 Å². The third kappa shape index (κ3) is 3.99. The summed E-state index contributed by atoms with van der Waals surface area (Å²) in [5.74, 6) is 0.176. The molecule has 110 valence electrons. The van der Waals surface area contributed by atoms with E-state index in [1.165, 1.54) is 0 Å². The van der Waals surface area contributed by atoms with Gasteiger partial charge in [-0.15, -0.1) is 0 Å². The lowest BCUT2D eigenvalue weighted by Gasteiger charge is -2.18. The van der Waals surface area contributed by atoms with Gasteiger partial charge in [0.15, 0.2) is 0 Å². The van der Waals surface area contributed by atoms with Gasteiger partial charge in [-0.3, -0.25) is 0 Å². The Kier molecular flexibility index (Phi) is 5.23. The van der Waals surface area contributed by atoms with Crippen LogP contribution in [0.5, 0.6) is 5.75 Å². The summed E-state index contributed by atoms with van der Waals surface area (Å²) >= 11 is 6.00. The SMILES string of the molecule is CCOC(=O)C(Oc1ccc(Cl)c(C)c1)c1ccccc1. The maximum atomic E-state index is 12.1. The van der Waals surface area contributed by atoms with Crippen LogP contribution < -0.4 is 4.74 Å². The van der Waals surface area contributed by atoms with Crippen LogP contribution in [0.1, 0.15) is 24.2 Å². The minimum Gasteiger partial charge on any atom is -0.474 e. The van der Waals surface area contributed by atoms with Gasteiger partial charge in [-0.05, 0) is 37.6 Å². The third-order valence-corrected chi connectivity index (χ3v) is 3.41. The first kappa shape index (κ1) is 15.4. The summed E-state index contributed by atoms with van der Waals surface area (Å²) in [5.41, 5.74) is 1.65. The largest absolute Gasteiger partial charge is 0.474 e. The number of esters is 1. The molecule has 0 N–H and O–H groups in total. The minimum atomic E-state index is -0.785. The topological polar surface area (TPSA) is 35.5 Å². The molecule has 1 unspecified atom stereocenters. The highest BCUT2D eigenvalue weighted by atomic mass is 35.5. The van der Waals surface area contributed by atoms with Crippen molar-refractivity contribution in [3.8, 4) is 5.75 Å². The van der Waals surface area contributed by atoms with Gasteiger partial charge in [0.05, 0.1) is 6.61 Å². The molecule has 0 bridgehead atoms. The van der Waals surface area contributed by atoms with Crippen LogP contribution in [-0.2, 0) is 9.53 Å². The molecule has 2 aromatic rings. The molecule has 0 saturated carbocycles. The number of rotatable bonds is 5. The van der Waals surface area contributed by atoms with Crippen molar-refractivity contribution >= 4 is 17.6 Å². The summed E-state index contributed by atoms with van der Waals surface area (Å²) < 4.78 is 10.9. The van der Waals surface area contributed by atoms with Crippen LogP contribution in [0.4, 0.5) is 0 Å². The second-order valence-corrected chi connectivity index (χ2v) is 4.98. The molecule has 0 spiro atoms. The highest BCUT2D eigenvalue weighted by molar-refractivity contribution is 6.31. The van der Waals surface area contributed by atoms with E-state index in [9.17, 15) is 4.79 Å². The van der Waals surface area contributed by atoms with Crippen molar-refractivity contribution in [1.82, 2.24) is 0 Å². The average Bonchev–Trinajstić information content (AvgIpc) is 2.49. The Morgan fingerprint density at radius 1 is 1.19 bits per heavy atom. The molecule has 3 nitrogen and oxygen atoms in total. The van der Waals surface area contributed by atoms with E-state index < -0.39 is 12.1 Å². The lowest BCUT2D eigenvalue weighted by molar-refractivity contribution is -0.151. The number of hydrogen-bond acceptors (Lipinski definition) is 3. The predicted molar refractivity (Wildman–Crippen MR) is 82.6 cm³/mol. The van der Waals surface area contributed by atoms with E-state index in [4.69, 9.17) is 21.1 Å². The first-order chi connectivity index (χ1) is 10.1. The fourth-order valence-corrected chi connectivity index (χ4v) is 2.04. The van der Waals surface area contributed by atoms with Gasteiger partial charge < -0.3 is 9.47 Å². The van der Waals surface area contributed by atoms with Gasteiger partial charge in [0.2, 0.25) is 6.10 Å². The molecule has 0 aliphatic heterocycles. The monoisotopic (exact) mass is 304 g/mol. The minimum absolute atomic E-state index is 0.311. The predicted octanol–water partition coefficient (Wildman–Crippen LogP) is 4.33. The molecule has 1 atom stereocenters. The Balaban J connectivity index is 2.27. The highest BCUT2D eigenvalue weighted by Gasteiger charge is 2.24. The van der Waals surface area contributed by atoms with Crippen LogP contribution >= 0.6 is 11.6 Å². The van der Waals surface area contributed by atoms with Gasteiger partial charge in [-0.1, -0.05) is 41.9 Å². The molecule has 0 fully saturated rings. The first-order valence-electron chi connectivity index (χ1n) is 6.76. The molecule has 4 heteroatoms. The Morgan fingerprint density at radius 3 is 2.52 bits per heavy atom. The van der Waals surface area contributed by atoms with Crippen LogP contribution in [0.2, 0.25) is 5.02 Å². The number of carbonyl (C=O) groups excluding carboxylic acids is 1. The lowest BCUT2D eigenvalue weighted by atomic mass is 10.1. The van der Waals surface area contributed by atoms with Crippen molar-refractivity contribution in [3.05, 3.63) is 64.7 Å². The molecular formula is C17H17ClO3. The van der Waals surface area contributed by atoms with Gasteiger partial charge in [0, 0.05) is 10.6 Å². The van der Waals surface area contributed by atoms with Crippen LogP contribution in [0.25, 0.3) is 0 Å². The molecule has 0 amide bonds. The Hall–Kier alpha value is -2.00. The van der Waals surface area contributed by atoms with E-state index in [1.54, 1.807) is 25.1 Å². The van der Waals surface area contributed by atoms with Gasteiger partial charge in [0.25, 0.3) is 0 Å². The summed E-state index contributed by atoms with van der Waals surface area (Å²) in [5, 5.41) is 0.662. The first-order valence-corrected chi connectivity index (χ1v) is 7.14. The maximum absolute atomic E-state index is 12.1. The summed E-state index contributed by atoms with van der Waals surface area (Å²) in [6.45, 7) is 3.97. The molecule has 0 heterocycles. The Bertz CT molecular complexity index is 611. The average molecular weight is 305 g/mol. The van der Waals surface area contributed by atoms with Crippen molar-refractivity contribution in [3.63, 3.8) is 0 Å². The number of carbonyl (C=O) groups is 1. The normalized spacial score (nSPS) is 11.8. The van der Waals surface area contributed by atoms with Gasteiger partial charge in [-0.2, -0.15) is 0 Å². The van der Waals surface area contributed by atoms with Crippen molar-refractivity contribution in [2.24, 2.45) is 0 Å². The maximum Gasteiger partial charge on any atom is 0.352 e. The number of aryl methyl sites for hydroxylation is 1. The van der Waals surface area contributed by atoms with E-state index in [0.717, 1.165) is 11.1 Å². The number of hydrogen-bond donors (Lipinski definition) is 0. The van der Waals surface area contributed by atoms with E-state index in [-0.39, 0.29) is 0 Å². The van der Waals surface area contributed by atoms with E-state index in [2.05, 4.69) is 0 Å².